The highest BCUT2D eigenvalue weighted by molar-refractivity contribution is 6.03. The number of unbranched alkanes of at least 4 members (excludes halogenated alkanes) is 11. The van der Waals surface area contributed by atoms with Crippen molar-refractivity contribution in [2.75, 3.05) is 6.61 Å². The Bertz CT molecular complexity index is 939. The van der Waals surface area contributed by atoms with Gasteiger partial charge in [0.2, 0.25) is 0 Å². The van der Waals surface area contributed by atoms with Crippen LogP contribution in [0.2, 0.25) is 0 Å². The van der Waals surface area contributed by atoms with E-state index in [0.29, 0.717) is 5.56 Å². The van der Waals surface area contributed by atoms with Gasteiger partial charge < -0.3 is 9.47 Å². The summed E-state index contributed by atoms with van der Waals surface area (Å²) in [6.07, 6.45) is 10.1. The summed E-state index contributed by atoms with van der Waals surface area (Å²) < 4.78 is 48.7. The fraction of sp³-hybridized carbons (Fsp3) is 0.533. The van der Waals surface area contributed by atoms with E-state index >= 15 is 0 Å². The molecule has 0 aliphatic carbocycles. The van der Waals surface area contributed by atoms with Gasteiger partial charge in [0.15, 0.2) is 0 Å². The van der Waals surface area contributed by atoms with Crippen LogP contribution < -0.4 is 0 Å². The molecule has 0 radical (unpaired) electrons. The molecule has 0 aromatic heterocycles. The number of halogens is 3. The summed E-state index contributed by atoms with van der Waals surface area (Å²) in [7, 11) is 0. The molecular formula is C30H39F3O4. The second kappa shape index (κ2) is 16.8. The maximum atomic E-state index is 12.7. The quantitative estimate of drug-likeness (QED) is 0.154. The summed E-state index contributed by atoms with van der Waals surface area (Å²) in [6, 6.07) is 10.6. The summed E-state index contributed by atoms with van der Waals surface area (Å²) in [4.78, 5) is 25.1. The zero-order valence-corrected chi connectivity index (χ0v) is 21.8. The molecule has 0 saturated heterocycles. The standard InChI is InChI=1S/C30H39F3O4/c1-2-3-4-5-6-7-8-9-10-11-12-15-22-36-28(34)26-16-13-14-17-27(26)29(35)37-23-24-18-20-25(21-19-24)30(31,32)33/h13-14,16-21H,2-12,15,22-23H2,1H3. The third kappa shape index (κ3) is 11.8. The largest absolute Gasteiger partial charge is 0.462 e. The molecule has 204 valence electrons. The Kier molecular flexibility index (Phi) is 13.8. The number of ether oxygens (including phenoxy) is 2. The number of rotatable bonds is 17. The van der Waals surface area contributed by atoms with Gasteiger partial charge in [0, 0.05) is 0 Å². The number of hydrogen-bond donors (Lipinski definition) is 0. The highest BCUT2D eigenvalue weighted by Gasteiger charge is 2.30. The van der Waals surface area contributed by atoms with Crippen LogP contribution in [0.15, 0.2) is 48.5 Å². The Morgan fingerprint density at radius 1 is 0.649 bits per heavy atom. The molecule has 0 saturated carbocycles. The van der Waals surface area contributed by atoms with E-state index in [9.17, 15) is 22.8 Å². The van der Waals surface area contributed by atoms with Gasteiger partial charge in [0.1, 0.15) is 6.61 Å². The molecule has 0 N–H and O–H groups in total. The van der Waals surface area contributed by atoms with E-state index in [1.807, 2.05) is 0 Å². The molecule has 7 heteroatoms. The molecule has 0 atom stereocenters. The Labute approximate surface area is 218 Å². The first-order valence-corrected chi connectivity index (χ1v) is 13.4. The number of hydrogen-bond acceptors (Lipinski definition) is 4. The van der Waals surface area contributed by atoms with E-state index in [4.69, 9.17) is 9.47 Å². The second-order valence-corrected chi connectivity index (χ2v) is 9.34. The summed E-state index contributed by atoms with van der Waals surface area (Å²) in [5, 5.41) is 0. The molecule has 37 heavy (non-hydrogen) atoms. The van der Waals surface area contributed by atoms with Crippen LogP contribution in [-0.2, 0) is 22.3 Å². The lowest BCUT2D eigenvalue weighted by Gasteiger charge is -2.11. The predicted molar refractivity (Wildman–Crippen MR) is 138 cm³/mol. The topological polar surface area (TPSA) is 52.6 Å². The third-order valence-electron chi connectivity index (χ3n) is 6.25. The van der Waals surface area contributed by atoms with Gasteiger partial charge in [-0.05, 0) is 36.2 Å². The Hall–Kier alpha value is -2.83. The van der Waals surface area contributed by atoms with Gasteiger partial charge in [-0.3, -0.25) is 0 Å². The lowest BCUT2D eigenvalue weighted by atomic mass is 10.1. The fourth-order valence-corrected chi connectivity index (χ4v) is 4.04. The zero-order valence-electron chi connectivity index (χ0n) is 21.8. The van der Waals surface area contributed by atoms with E-state index in [-0.39, 0.29) is 24.3 Å². The van der Waals surface area contributed by atoms with Crippen molar-refractivity contribution in [3.8, 4) is 0 Å². The van der Waals surface area contributed by atoms with Crippen molar-refractivity contribution in [2.24, 2.45) is 0 Å². The minimum atomic E-state index is -4.43. The molecule has 2 rings (SSSR count). The maximum absolute atomic E-state index is 12.7. The SMILES string of the molecule is CCCCCCCCCCCCCCOC(=O)c1ccccc1C(=O)OCc1ccc(C(F)(F)F)cc1. The average molecular weight is 521 g/mol. The summed E-state index contributed by atoms with van der Waals surface area (Å²) >= 11 is 0. The van der Waals surface area contributed by atoms with Crippen LogP contribution in [0.3, 0.4) is 0 Å². The lowest BCUT2D eigenvalue weighted by Crippen LogP contribution is -2.14. The molecule has 0 bridgehead atoms. The van der Waals surface area contributed by atoms with Gasteiger partial charge in [0.05, 0.1) is 23.3 Å². The number of carbonyl (C=O) groups is 2. The summed E-state index contributed by atoms with van der Waals surface area (Å²) in [6.45, 7) is 2.30. The van der Waals surface area contributed by atoms with Crippen molar-refractivity contribution >= 4 is 11.9 Å². The molecule has 0 fully saturated rings. The van der Waals surface area contributed by atoms with Crippen LogP contribution >= 0.6 is 0 Å². The first-order valence-electron chi connectivity index (χ1n) is 13.4. The van der Waals surface area contributed by atoms with Crippen molar-refractivity contribution in [2.45, 2.75) is 96.8 Å². The van der Waals surface area contributed by atoms with Crippen molar-refractivity contribution in [3.05, 3.63) is 70.8 Å². The van der Waals surface area contributed by atoms with Gasteiger partial charge in [0.25, 0.3) is 0 Å². The molecule has 0 aliphatic rings. The Morgan fingerprint density at radius 2 is 1.11 bits per heavy atom. The molecular weight excluding hydrogens is 481 g/mol. The van der Waals surface area contributed by atoms with E-state index in [1.165, 1.54) is 82.1 Å². The molecule has 2 aromatic carbocycles. The predicted octanol–water partition coefficient (Wildman–Crippen LogP) is 8.92. The van der Waals surface area contributed by atoms with Crippen molar-refractivity contribution in [1.29, 1.82) is 0 Å². The first kappa shape index (κ1) is 30.4. The van der Waals surface area contributed by atoms with Crippen LogP contribution in [0.1, 0.15) is 116 Å². The van der Waals surface area contributed by atoms with Crippen LogP contribution in [0.25, 0.3) is 0 Å². The van der Waals surface area contributed by atoms with E-state index < -0.39 is 23.7 Å². The monoisotopic (exact) mass is 520 g/mol. The van der Waals surface area contributed by atoms with Gasteiger partial charge in [-0.2, -0.15) is 13.2 Å². The van der Waals surface area contributed by atoms with Crippen LogP contribution in [-0.4, -0.2) is 18.5 Å². The molecule has 0 spiro atoms. The van der Waals surface area contributed by atoms with Crippen LogP contribution in [0.5, 0.6) is 0 Å². The Balaban J connectivity index is 1.67. The highest BCUT2D eigenvalue weighted by Crippen LogP contribution is 2.29. The van der Waals surface area contributed by atoms with Gasteiger partial charge >= 0.3 is 18.1 Å². The second-order valence-electron chi connectivity index (χ2n) is 9.34. The number of alkyl halides is 3. The summed E-state index contributed by atoms with van der Waals surface area (Å²) in [5.74, 6) is -1.33. The van der Waals surface area contributed by atoms with Crippen LogP contribution in [0, 0.1) is 0 Å². The van der Waals surface area contributed by atoms with E-state index in [2.05, 4.69) is 6.92 Å². The first-order chi connectivity index (χ1) is 17.8. The molecule has 2 aromatic rings. The van der Waals surface area contributed by atoms with Gasteiger partial charge in [-0.1, -0.05) is 102 Å². The molecule has 0 heterocycles. The molecule has 0 aliphatic heterocycles. The van der Waals surface area contributed by atoms with Gasteiger partial charge in [-0.25, -0.2) is 9.59 Å². The smallest absolute Gasteiger partial charge is 0.416 e. The molecule has 0 amide bonds. The molecule has 4 nitrogen and oxygen atoms in total. The van der Waals surface area contributed by atoms with Crippen molar-refractivity contribution in [3.63, 3.8) is 0 Å². The maximum Gasteiger partial charge on any atom is 0.416 e. The number of benzene rings is 2. The lowest BCUT2D eigenvalue weighted by molar-refractivity contribution is -0.137. The minimum Gasteiger partial charge on any atom is -0.462 e. The molecule has 0 unspecified atom stereocenters. The van der Waals surface area contributed by atoms with Gasteiger partial charge in [-0.15, -0.1) is 0 Å². The fourth-order valence-electron chi connectivity index (χ4n) is 4.04. The van der Waals surface area contributed by atoms with Crippen LogP contribution in [0.4, 0.5) is 13.2 Å². The van der Waals surface area contributed by atoms with E-state index in [1.54, 1.807) is 12.1 Å². The number of carbonyl (C=O) groups excluding carboxylic acids is 2. The highest BCUT2D eigenvalue weighted by atomic mass is 19.4. The van der Waals surface area contributed by atoms with Crippen molar-refractivity contribution in [1.82, 2.24) is 0 Å². The third-order valence-corrected chi connectivity index (χ3v) is 6.25. The Morgan fingerprint density at radius 3 is 1.59 bits per heavy atom. The normalized spacial score (nSPS) is 11.4. The average Bonchev–Trinajstić information content (AvgIpc) is 2.89. The summed E-state index contributed by atoms with van der Waals surface area (Å²) in [5.41, 5.74) is -0.190. The number of esters is 2. The zero-order chi connectivity index (χ0) is 26.9. The van der Waals surface area contributed by atoms with Crippen molar-refractivity contribution < 1.29 is 32.2 Å². The van der Waals surface area contributed by atoms with E-state index in [0.717, 1.165) is 31.4 Å². The minimum absolute atomic E-state index is 0.0640.